The van der Waals surface area contributed by atoms with Crippen molar-refractivity contribution in [3.8, 4) is 5.75 Å². The van der Waals surface area contributed by atoms with Gasteiger partial charge in [0.15, 0.2) is 0 Å². The van der Waals surface area contributed by atoms with Crippen molar-refractivity contribution in [3.63, 3.8) is 0 Å². The zero-order valence-corrected chi connectivity index (χ0v) is 26.0. The first-order valence-electron chi connectivity index (χ1n) is 14.6. The zero-order valence-electron chi connectivity index (χ0n) is 24.5. The van der Waals surface area contributed by atoms with Crippen molar-refractivity contribution >= 4 is 40.9 Å². The molecule has 1 spiro atoms. The summed E-state index contributed by atoms with van der Waals surface area (Å²) in [5, 5.41) is 3.99. The van der Waals surface area contributed by atoms with E-state index in [1.54, 1.807) is 18.1 Å². The molecule has 5 rings (SSSR count). The number of methoxy groups -OCH3 is 1. The Hall–Kier alpha value is -2.72. The molecule has 42 heavy (non-hydrogen) atoms. The third kappa shape index (κ3) is 6.30. The molecular formula is C31H40Cl2N4O5. The van der Waals surface area contributed by atoms with Gasteiger partial charge in [-0.2, -0.15) is 0 Å². The predicted octanol–water partition coefficient (Wildman–Crippen LogP) is 5.14. The molecular weight excluding hydrogens is 579 g/mol. The number of carbonyl (C=O) groups excluding carboxylic acids is 2. The second-order valence-electron chi connectivity index (χ2n) is 11.8. The van der Waals surface area contributed by atoms with E-state index >= 15 is 0 Å². The van der Waals surface area contributed by atoms with E-state index in [1.807, 2.05) is 50.2 Å². The van der Waals surface area contributed by atoms with Crippen LogP contribution in [0.2, 0.25) is 10.0 Å². The van der Waals surface area contributed by atoms with Gasteiger partial charge in [0.1, 0.15) is 16.9 Å². The van der Waals surface area contributed by atoms with Crippen LogP contribution in [0.4, 0.5) is 10.5 Å². The van der Waals surface area contributed by atoms with Crippen LogP contribution >= 0.6 is 23.2 Å². The molecule has 1 unspecified atom stereocenters. The van der Waals surface area contributed by atoms with Crippen LogP contribution in [0.5, 0.6) is 5.75 Å². The molecule has 1 N–H and O–H groups in total. The van der Waals surface area contributed by atoms with Gasteiger partial charge in [-0.25, -0.2) is 4.79 Å². The number of anilines is 1. The van der Waals surface area contributed by atoms with Crippen LogP contribution in [-0.4, -0.2) is 87.1 Å². The largest absolute Gasteiger partial charge is 0.497 e. The lowest BCUT2D eigenvalue weighted by molar-refractivity contribution is -0.125. The number of amides is 2. The summed E-state index contributed by atoms with van der Waals surface area (Å²) >= 11 is 12.6. The Kier molecular flexibility index (Phi) is 9.42. The molecule has 1 atom stereocenters. The van der Waals surface area contributed by atoms with Gasteiger partial charge in [0.25, 0.3) is 0 Å². The van der Waals surface area contributed by atoms with Crippen LogP contribution in [0, 0.1) is 5.92 Å². The van der Waals surface area contributed by atoms with Gasteiger partial charge in [-0.3, -0.25) is 4.79 Å². The van der Waals surface area contributed by atoms with Crippen LogP contribution in [0.3, 0.4) is 0 Å². The molecule has 0 bridgehead atoms. The van der Waals surface area contributed by atoms with Gasteiger partial charge in [-0.1, -0.05) is 49.2 Å². The SMILES string of the molecule is COc1cccc(N2CNC(=O)C23CCN(CCOC2(c4ccc(Cl)c(Cl)c4)CCN(C(=O)OCC(C)C)C2)CC3)c1. The summed E-state index contributed by atoms with van der Waals surface area (Å²) in [6.45, 7) is 8.49. The lowest BCUT2D eigenvalue weighted by Gasteiger charge is -2.43. The molecule has 2 aromatic rings. The molecule has 228 valence electrons. The topological polar surface area (TPSA) is 83.6 Å². The Morgan fingerprint density at radius 3 is 2.55 bits per heavy atom. The highest BCUT2D eigenvalue weighted by Gasteiger charge is 2.50. The number of hydrogen-bond donors (Lipinski definition) is 1. The maximum atomic E-state index is 13.1. The smallest absolute Gasteiger partial charge is 0.409 e. The average Bonchev–Trinajstić information content (AvgIpc) is 3.56. The van der Waals surface area contributed by atoms with E-state index in [4.69, 9.17) is 37.4 Å². The lowest BCUT2D eigenvalue weighted by Crippen LogP contribution is -2.56. The van der Waals surface area contributed by atoms with Gasteiger partial charge >= 0.3 is 6.09 Å². The van der Waals surface area contributed by atoms with E-state index in [9.17, 15) is 9.59 Å². The fourth-order valence-electron chi connectivity index (χ4n) is 6.20. The Morgan fingerprint density at radius 1 is 1.05 bits per heavy atom. The Morgan fingerprint density at radius 2 is 1.83 bits per heavy atom. The summed E-state index contributed by atoms with van der Waals surface area (Å²) in [6.07, 6.45) is 1.72. The number of likely N-dealkylation sites (tertiary alicyclic amines) is 2. The summed E-state index contributed by atoms with van der Waals surface area (Å²) in [7, 11) is 1.65. The van der Waals surface area contributed by atoms with E-state index in [-0.39, 0.29) is 17.9 Å². The standard InChI is InChI=1S/C31H40Cl2N4O5/c1-22(2)19-41-29(39)36-14-11-31(20-36,23-7-8-26(32)27(33)17-23)42-16-15-35-12-9-30(10-13-35)28(38)34-21-37(30)24-5-4-6-25(18-24)40-3/h4-8,17-18,22H,9-16,19-21H2,1-3H3,(H,34,38). The number of nitrogens with zero attached hydrogens (tertiary/aromatic N) is 3. The van der Waals surface area contributed by atoms with Crippen molar-refractivity contribution in [2.75, 3.05) is 64.6 Å². The molecule has 0 radical (unpaired) electrons. The van der Waals surface area contributed by atoms with E-state index in [0.717, 1.165) is 30.1 Å². The van der Waals surface area contributed by atoms with Crippen LogP contribution in [-0.2, 0) is 19.9 Å². The molecule has 9 nitrogen and oxygen atoms in total. The fourth-order valence-corrected chi connectivity index (χ4v) is 6.50. The molecule has 0 aliphatic carbocycles. The minimum Gasteiger partial charge on any atom is -0.497 e. The Bertz CT molecular complexity index is 1290. The summed E-state index contributed by atoms with van der Waals surface area (Å²) in [5.74, 6) is 1.11. The van der Waals surface area contributed by atoms with Crippen molar-refractivity contribution in [1.29, 1.82) is 0 Å². The van der Waals surface area contributed by atoms with Crippen molar-refractivity contribution in [2.45, 2.75) is 44.2 Å². The molecule has 2 aromatic carbocycles. The number of ether oxygens (including phenoxy) is 3. The maximum Gasteiger partial charge on any atom is 0.409 e. The fraction of sp³-hybridized carbons (Fsp3) is 0.548. The molecule has 0 aromatic heterocycles. The number of hydrogen-bond acceptors (Lipinski definition) is 7. The number of nitrogens with one attached hydrogen (secondary N) is 1. The van der Waals surface area contributed by atoms with Crippen LogP contribution < -0.4 is 15.0 Å². The van der Waals surface area contributed by atoms with E-state index in [2.05, 4.69) is 15.1 Å². The number of piperidine rings is 1. The first kappa shape index (κ1) is 30.7. The highest BCUT2D eigenvalue weighted by Crippen LogP contribution is 2.40. The number of halogens is 2. The molecule has 3 heterocycles. The van der Waals surface area contributed by atoms with E-state index in [0.29, 0.717) is 68.8 Å². The highest BCUT2D eigenvalue weighted by molar-refractivity contribution is 6.42. The molecule has 3 saturated heterocycles. The van der Waals surface area contributed by atoms with E-state index in [1.165, 1.54) is 0 Å². The minimum atomic E-state index is -0.712. The quantitative estimate of drug-likeness (QED) is 0.416. The first-order valence-corrected chi connectivity index (χ1v) is 15.3. The Labute approximate surface area is 258 Å². The third-order valence-corrected chi connectivity index (χ3v) is 9.39. The van der Waals surface area contributed by atoms with E-state index < -0.39 is 11.1 Å². The maximum absolute atomic E-state index is 13.1. The number of rotatable bonds is 9. The normalized spacial score (nSPS) is 22.2. The summed E-state index contributed by atoms with van der Waals surface area (Å²) in [4.78, 5) is 32.1. The second-order valence-corrected chi connectivity index (χ2v) is 12.6. The summed E-state index contributed by atoms with van der Waals surface area (Å²) in [6, 6.07) is 13.4. The summed E-state index contributed by atoms with van der Waals surface area (Å²) < 4.78 is 17.6. The predicted molar refractivity (Wildman–Crippen MR) is 163 cm³/mol. The average molecular weight is 620 g/mol. The van der Waals surface area contributed by atoms with Gasteiger partial charge < -0.3 is 34.2 Å². The lowest BCUT2D eigenvalue weighted by atomic mass is 9.85. The van der Waals surface area contributed by atoms with Crippen molar-refractivity contribution < 1.29 is 23.8 Å². The first-order chi connectivity index (χ1) is 20.2. The number of carbonyl (C=O) groups is 2. The second kappa shape index (κ2) is 12.9. The van der Waals surface area contributed by atoms with Crippen LogP contribution in [0.1, 0.15) is 38.7 Å². The van der Waals surface area contributed by atoms with Crippen LogP contribution in [0.25, 0.3) is 0 Å². The molecule has 3 aliphatic rings. The van der Waals surface area contributed by atoms with Crippen LogP contribution in [0.15, 0.2) is 42.5 Å². The highest BCUT2D eigenvalue weighted by atomic mass is 35.5. The van der Waals surface area contributed by atoms with Crippen molar-refractivity contribution in [1.82, 2.24) is 15.1 Å². The molecule has 3 fully saturated rings. The van der Waals surface area contributed by atoms with Gasteiger partial charge in [0.05, 0.1) is 43.6 Å². The molecule has 3 aliphatic heterocycles. The Balaban J connectivity index is 1.23. The minimum absolute atomic E-state index is 0.0789. The third-order valence-electron chi connectivity index (χ3n) is 8.65. The van der Waals surface area contributed by atoms with Crippen molar-refractivity contribution in [2.24, 2.45) is 5.92 Å². The van der Waals surface area contributed by atoms with Gasteiger partial charge in [0.2, 0.25) is 5.91 Å². The summed E-state index contributed by atoms with van der Waals surface area (Å²) in [5.41, 5.74) is 0.583. The van der Waals surface area contributed by atoms with Gasteiger partial charge in [0, 0.05) is 44.4 Å². The molecule has 2 amide bonds. The number of benzene rings is 2. The molecule has 0 saturated carbocycles. The van der Waals surface area contributed by atoms with Gasteiger partial charge in [-0.15, -0.1) is 0 Å². The van der Waals surface area contributed by atoms with Crippen molar-refractivity contribution in [3.05, 3.63) is 58.1 Å². The molecule has 11 heteroatoms. The monoisotopic (exact) mass is 618 g/mol. The van der Waals surface area contributed by atoms with Gasteiger partial charge in [-0.05, 0) is 48.6 Å². The zero-order chi connectivity index (χ0) is 29.9.